The van der Waals surface area contributed by atoms with Gasteiger partial charge in [0, 0.05) is 25.2 Å². The number of nitrogen functional groups attached to an aromatic ring is 1. The fourth-order valence-electron chi connectivity index (χ4n) is 2.52. The number of hydrogen-bond donors (Lipinski definition) is 2. The molecular formula is C17H29N3. The zero-order valence-corrected chi connectivity index (χ0v) is 13.5. The van der Waals surface area contributed by atoms with Crippen molar-refractivity contribution in [1.29, 1.82) is 5.41 Å². The first-order valence-corrected chi connectivity index (χ1v) is 7.45. The number of amidine groups is 1. The Kier molecular flexibility index (Phi) is 6.21. The molecule has 0 bridgehead atoms. The molecule has 112 valence electrons. The average molecular weight is 275 g/mol. The van der Waals surface area contributed by atoms with Gasteiger partial charge in [0.1, 0.15) is 5.84 Å². The molecule has 0 spiro atoms. The van der Waals surface area contributed by atoms with E-state index in [4.69, 9.17) is 11.1 Å². The van der Waals surface area contributed by atoms with E-state index < -0.39 is 0 Å². The Morgan fingerprint density at radius 3 is 2.10 bits per heavy atom. The molecule has 0 saturated heterocycles. The lowest BCUT2D eigenvalue weighted by Gasteiger charge is -2.27. The zero-order valence-electron chi connectivity index (χ0n) is 13.5. The molecule has 0 aromatic heterocycles. The lowest BCUT2D eigenvalue weighted by molar-refractivity contribution is 0.211. The van der Waals surface area contributed by atoms with Crippen LogP contribution in [0.15, 0.2) is 18.2 Å². The third kappa shape index (κ3) is 5.33. The molecule has 0 heterocycles. The largest absolute Gasteiger partial charge is 0.384 e. The summed E-state index contributed by atoms with van der Waals surface area (Å²) in [5.41, 5.74) is 8.90. The normalized spacial score (nSPS) is 11.6. The van der Waals surface area contributed by atoms with Crippen molar-refractivity contribution in [1.82, 2.24) is 4.90 Å². The fraction of sp³-hybridized carbons (Fsp3) is 0.588. The van der Waals surface area contributed by atoms with Crippen molar-refractivity contribution in [2.75, 3.05) is 13.1 Å². The molecule has 1 aromatic carbocycles. The second kappa shape index (κ2) is 7.44. The Balaban J connectivity index is 2.84. The summed E-state index contributed by atoms with van der Waals surface area (Å²) >= 11 is 0. The van der Waals surface area contributed by atoms with Gasteiger partial charge >= 0.3 is 0 Å². The molecule has 1 rings (SSSR count). The molecule has 0 unspecified atom stereocenters. The zero-order chi connectivity index (χ0) is 15.3. The van der Waals surface area contributed by atoms with Gasteiger partial charge in [0.05, 0.1) is 0 Å². The van der Waals surface area contributed by atoms with Gasteiger partial charge in [-0.25, -0.2) is 0 Å². The third-order valence-corrected chi connectivity index (χ3v) is 3.29. The topological polar surface area (TPSA) is 53.1 Å². The predicted octanol–water partition coefficient (Wildman–Crippen LogP) is 3.39. The van der Waals surface area contributed by atoms with E-state index in [1.165, 1.54) is 11.1 Å². The highest BCUT2D eigenvalue weighted by Gasteiger charge is 2.12. The standard InChI is InChI=1S/C17H29N3/c1-12(2)9-20(10-13(3)4)11-16-7-6-15(17(18)19)8-14(16)5/h6-8,12-13H,9-11H2,1-5H3,(H3,18,19). The molecular weight excluding hydrogens is 246 g/mol. The molecule has 3 heteroatoms. The highest BCUT2D eigenvalue weighted by molar-refractivity contribution is 5.95. The molecule has 0 saturated carbocycles. The molecule has 0 amide bonds. The van der Waals surface area contributed by atoms with Crippen LogP contribution >= 0.6 is 0 Å². The van der Waals surface area contributed by atoms with Crippen molar-refractivity contribution >= 4 is 5.84 Å². The second-order valence-corrected chi connectivity index (χ2v) is 6.54. The molecule has 0 aliphatic heterocycles. The smallest absolute Gasteiger partial charge is 0.122 e. The van der Waals surface area contributed by atoms with Crippen molar-refractivity contribution in [2.24, 2.45) is 17.6 Å². The van der Waals surface area contributed by atoms with Gasteiger partial charge in [-0.2, -0.15) is 0 Å². The molecule has 0 atom stereocenters. The van der Waals surface area contributed by atoms with E-state index >= 15 is 0 Å². The van der Waals surface area contributed by atoms with Crippen LogP contribution in [-0.2, 0) is 6.54 Å². The van der Waals surface area contributed by atoms with Gasteiger partial charge in [-0.3, -0.25) is 10.3 Å². The lowest BCUT2D eigenvalue weighted by atomic mass is 10.0. The van der Waals surface area contributed by atoms with E-state index in [9.17, 15) is 0 Å². The summed E-state index contributed by atoms with van der Waals surface area (Å²) in [6, 6.07) is 6.08. The van der Waals surface area contributed by atoms with Gasteiger partial charge in [-0.1, -0.05) is 39.8 Å². The van der Waals surface area contributed by atoms with Crippen LogP contribution in [0.3, 0.4) is 0 Å². The molecule has 0 aliphatic carbocycles. The molecule has 0 radical (unpaired) electrons. The SMILES string of the molecule is Cc1cc(C(=N)N)ccc1CN(CC(C)C)CC(C)C. The highest BCUT2D eigenvalue weighted by Crippen LogP contribution is 2.15. The number of aryl methyl sites for hydroxylation is 1. The quantitative estimate of drug-likeness (QED) is 0.592. The number of benzene rings is 1. The van der Waals surface area contributed by atoms with E-state index in [0.29, 0.717) is 11.8 Å². The summed E-state index contributed by atoms with van der Waals surface area (Å²) in [5.74, 6) is 1.48. The summed E-state index contributed by atoms with van der Waals surface area (Å²) in [4.78, 5) is 2.52. The van der Waals surface area contributed by atoms with Gasteiger partial charge in [0.15, 0.2) is 0 Å². The number of nitrogens with two attached hydrogens (primary N) is 1. The van der Waals surface area contributed by atoms with Gasteiger partial charge in [0.2, 0.25) is 0 Å². The summed E-state index contributed by atoms with van der Waals surface area (Å²) in [6.07, 6.45) is 0. The van der Waals surface area contributed by atoms with Crippen LogP contribution in [0.4, 0.5) is 0 Å². The maximum absolute atomic E-state index is 7.50. The first-order valence-electron chi connectivity index (χ1n) is 7.45. The van der Waals surface area contributed by atoms with Crippen molar-refractivity contribution in [2.45, 2.75) is 41.2 Å². The summed E-state index contributed by atoms with van der Waals surface area (Å²) in [7, 11) is 0. The second-order valence-electron chi connectivity index (χ2n) is 6.54. The maximum atomic E-state index is 7.50. The summed E-state index contributed by atoms with van der Waals surface area (Å²) in [6.45, 7) is 14.4. The monoisotopic (exact) mass is 275 g/mol. The van der Waals surface area contributed by atoms with Gasteiger partial charge in [-0.15, -0.1) is 0 Å². The van der Waals surface area contributed by atoms with Crippen LogP contribution in [0.5, 0.6) is 0 Å². The lowest BCUT2D eigenvalue weighted by Crippen LogP contribution is -2.31. The summed E-state index contributed by atoms with van der Waals surface area (Å²) in [5, 5.41) is 7.50. The Bertz CT molecular complexity index is 440. The van der Waals surface area contributed by atoms with Crippen LogP contribution < -0.4 is 5.73 Å². The molecule has 3 N–H and O–H groups in total. The van der Waals surface area contributed by atoms with Crippen LogP contribution in [0.1, 0.15) is 44.4 Å². The predicted molar refractivity (Wildman–Crippen MR) is 87.1 cm³/mol. The molecule has 0 fully saturated rings. The maximum Gasteiger partial charge on any atom is 0.122 e. The van der Waals surface area contributed by atoms with Crippen LogP contribution in [0, 0.1) is 24.2 Å². The van der Waals surface area contributed by atoms with Gasteiger partial charge in [-0.05, 0) is 36.0 Å². The van der Waals surface area contributed by atoms with E-state index in [0.717, 1.165) is 25.2 Å². The van der Waals surface area contributed by atoms with E-state index in [2.05, 4.69) is 45.6 Å². The van der Waals surface area contributed by atoms with Crippen LogP contribution in [-0.4, -0.2) is 23.8 Å². The number of nitrogens with zero attached hydrogens (tertiary/aromatic N) is 1. The Morgan fingerprint density at radius 1 is 1.15 bits per heavy atom. The Hall–Kier alpha value is -1.35. The Morgan fingerprint density at radius 2 is 1.70 bits per heavy atom. The van der Waals surface area contributed by atoms with Crippen LogP contribution in [0.2, 0.25) is 0 Å². The van der Waals surface area contributed by atoms with Gasteiger partial charge in [0.25, 0.3) is 0 Å². The molecule has 3 nitrogen and oxygen atoms in total. The van der Waals surface area contributed by atoms with E-state index in [1.807, 2.05) is 12.1 Å². The van der Waals surface area contributed by atoms with E-state index in [-0.39, 0.29) is 5.84 Å². The van der Waals surface area contributed by atoms with Crippen LogP contribution in [0.25, 0.3) is 0 Å². The van der Waals surface area contributed by atoms with Gasteiger partial charge < -0.3 is 5.73 Å². The van der Waals surface area contributed by atoms with Crippen molar-refractivity contribution < 1.29 is 0 Å². The molecule has 20 heavy (non-hydrogen) atoms. The molecule has 0 aliphatic rings. The minimum atomic E-state index is 0.140. The summed E-state index contributed by atoms with van der Waals surface area (Å²) < 4.78 is 0. The average Bonchev–Trinajstić information content (AvgIpc) is 2.29. The first-order chi connectivity index (χ1) is 9.29. The van der Waals surface area contributed by atoms with Crippen molar-refractivity contribution in [3.63, 3.8) is 0 Å². The number of nitrogens with one attached hydrogen (secondary N) is 1. The van der Waals surface area contributed by atoms with E-state index in [1.54, 1.807) is 0 Å². The number of rotatable bonds is 7. The van der Waals surface area contributed by atoms with Crippen molar-refractivity contribution in [3.8, 4) is 0 Å². The first kappa shape index (κ1) is 16.7. The Labute approximate surface area is 123 Å². The fourth-order valence-corrected chi connectivity index (χ4v) is 2.52. The third-order valence-electron chi connectivity index (χ3n) is 3.29. The number of hydrogen-bond acceptors (Lipinski definition) is 2. The minimum absolute atomic E-state index is 0.140. The minimum Gasteiger partial charge on any atom is -0.384 e. The van der Waals surface area contributed by atoms with Crippen molar-refractivity contribution in [3.05, 3.63) is 34.9 Å². The highest BCUT2D eigenvalue weighted by atomic mass is 15.1. The molecule has 1 aromatic rings.